The monoisotopic (exact) mass is 132 g/mol. The van der Waals surface area contributed by atoms with Crippen LogP contribution in [0.4, 0.5) is 8.22 Å². The fourth-order valence-electron chi connectivity index (χ4n) is 1.38. The molecule has 44 valence electrons. The van der Waals surface area contributed by atoms with E-state index in [1.165, 1.54) is 0 Å². The molecule has 0 nitrogen and oxygen atoms in total. The summed E-state index contributed by atoms with van der Waals surface area (Å²) in [6, 6.07) is 0. The zero-order valence-corrected chi connectivity index (χ0v) is 5.27. The minimum Gasteiger partial charge on any atom is -0.269 e. The van der Waals surface area contributed by atoms with Gasteiger partial charge in [-0.1, -0.05) is 12.2 Å². The summed E-state index contributed by atoms with van der Waals surface area (Å²) in [5.41, 5.74) is -0.542. The lowest BCUT2D eigenvalue weighted by Gasteiger charge is -2.31. The van der Waals surface area contributed by atoms with Crippen molar-refractivity contribution >= 4 is 8.74 Å². The smallest absolute Gasteiger partial charge is 0.269 e. The summed E-state index contributed by atoms with van der Waals surface area (Å²) in [7, 11) is -3.66. The third kappa shape index (κ3) is 0.311. The molecule has 2 atom stereocenters. The molecule has 3 aliphatic rings. The van der Waals surface area contributed by atoms with Gasteiger partial charge in [0.25, 0.3) is 0 Å². The molecule has 0 aromatic carbocycles. The van der Waals surface area contributed by atoms with E-state index in [1.807, 2.05) is 0 Å². The summed E-state index contributed by atoms with van der Waals surface area (Å²) >= 11 is 0. The molecular weight excluding hydrogens is 126 g/mol. The van der Waals surface area contributed by atoms with Gasteiger partial charge in [0, 0.05) is 11.1 Å². The van der Waals surface area contributed by atoms with Crippen molar-refractivity contribution in [2.24, 2.45) is 0 Å². The molecule has 0 saturated carbocycles. The van der Waals surface area contributed by atoms with Crippen molar-refractivity contribution in [3.05, 3.63) is 12.2 Å². The van der Waals surface area contributed by atoms with E-state index in [9.17, 15) is 8.22 Å². The van der Waals surface area contributed by atoms with Gasteiger partial charge in [-0.15, -0.1) is 0 Å². The molecule has 0 radical (unpaired) electrons. The summed E-state index contributed by atoms with van der Waals surface area (Å²) in [6.45, 7) is 0. The van der Waals surface area contributed by atoms with Crippen LogP contribution in [0.1, 0.15) is 6.42 Å². The molecule has 0 spiro atoms. The summed E-state index contributed by atoms with van der Waals surface area (Å²) in [5.74, 6) is 0. The van der Waals surface area contributed by atoms with Crippen LogP contribution in [0.2, 0.25) is 11.1 Å². The van der Waals surface area contributed by atoms with Crippen molar-refractivity contribution < 1.29 is 8.22 Å². The van der Waals surface area contributed by atoms with Gasteiger partial charge in [0.05, 0.1) is 0 Å². The van der Waals surface area contributed by atoms with Crippen LogP contribution in [0.3, 0.4) is 0 Å². The molecule has 1 aliphatic carbocycles. The van der Waals surface area contributed by atoms with Crippen molar-refractivity contribution in [2.75, 3.05) is 0 Å². The van der Waals surface area contributed by atoms with Gasteiger partial charge in [-0.25, -0.2) is 0 Å². The Morgan fingerprint density at radius 3 is 1.88 bits per heavy atom. The molecule has 2 aliphatic heterocycles. The highest BCUT2D eigenvalue weighted by atomic mass is 28.4. The molecule has 0 amide bonds. The minimum absolute atomic E-state index is 0.271. The molecule has 2 unspecified atom stereocenters. The number of halogens is 2. The first-order chi connectivity index (χ1) is 3.71. The Morgan fingerprint density at radius 2 is 1.75 bits per heavy atom. The Bertz CT molecular complexity index is 139. The summed E-state index contributed by atoms with van der Waals surface area (Å²) in [5, 5.41) is 0. The third-order valence-corrected chi connectivity index (χ3v) is 4.91. The Kier molecular flexibility index (Phi) is 0.614. The lowest BCUT2D eigenvalue weighted by molar-refractivity contribution is 0.481. The lowest BCUT2D eigenvalue weighted by Crippen LogP contribution is -2.40. The van der Waals surface area contributed by atoms with Gasteiger partial charge in [0.1, 0.15) is 0 Å². The normalized spacial score (nSPS) is 46.8. The van der Waals surface area contributed by atoms with E-state index in [1.54, 1.807) is 12.2 Å². The van der Waals surface area contributed by atoms with Gasteiger partial charge in [0.2, 0.25) is 0 Å². The van der Waals surface area contributed by atoms with E-state index < -0.39 is 8.74 Å². The molecule has 0 aromatic rings. The number of hydrogen-bond donors (Lipinski definition) is 0. The predicted octanol–water partition coefficient (Wildman–Crippen LogP) is 2.08. The number of allylic oxidation sites excluding steroid dienone is 2. The van der Waals surface area contributed by atoms with Crippen LogP contribution in [-0.2, 0) is 0 Å². The van der Waals surface area contributed by atoms with Crippen LogP contribution in [0, 0.1) is 0 Å². The third-order valence-electron chi connectivity index (χ3n) is 2.07. The van der Waals surface area contributed by atoms with Crippen molar-refractivity contribution in [3.63, 3.8) is 0 Å². The van der Waals surface area contributed by atoms with Crippen molar-refractivity contribution in [2.45, 2.75) is 17.5 Å². The highest BCUT2D eigenvalue weighted by Crippen LogP contribution is 2.59. The first kappa shape index (κ1) is 4.67. The van der Waals surface area contributed by atoms with Crippen molar-refractivity contribution in [3.8, 4) is 0 Å². The van der Waals surface area contributed by atoms with E-state index in [2.05, 4.69) is 0 Å². The highest BCUT2D eigenvalue weighted by molar-refractivity contribution is 6.74. The molecule has 2 bridgehead atoms. The Balaban J connectivity index is 2.30. The SMILES string of the molecule is F[Si]1(F)C2C=CC1C2. The van der Waals surface area contributed by atoms with Gasteiger partial charge in [-0.2, -0.15) is 0 Å². The largest absolute Gasteiger partial charge is 0.438 e. The first-order valence-corrected chi connectivity index (χ1v) is 4.68. The summed E-state index contributed by atoms with van der Waals surface area (Å²) in [6.07, 6.45) is 4.13. The van der Waals surface area contributed by atoms with Crippen LogP contribution in [0.25, 0.3) is 0 Å². The average Bonchev–Trinajstić information content (AvgIpc) is 2.18. The maximum atomic E-state index is 12.5. The summed E-state index contributed by atoms with van der Waals surface area (Å²) < 4.78 is 24.9. The lowest BCUT2D eigenvalue weighted by atomic mass is 10.3. The minimum atomic E-state index is -3.66. The molecule has 1 fully saturated rings. The van der Waals surface area contributed by atoms with E-state index in [0.29, 0.717) is 0 Å². The van der Waals surface area contributed by atoms with Crippen LogP contribution in [0.5, 0.6) is 0 Å². The van der Waals surface area contributed by atoms with Gasteiger partial charge < -0.3 is 0 Å². The van der Waals surface area contributed by atoms with E-state index in [-0.39, 0.29) is 11.1 Å². The molecule has 8 heavy (non-hydrogen) atoms. The van der Waals surface area contributed by atoms with Crippen LogP contribution < -0.4 is 0 Å². The molecule has 1 saturated heterocycles. The second-order valence-electron chi connectivity index (χ2n) is 2.51. The fraction of sp³-hybridized carbons (Fsp3) is 0.600. The molecule has 0 N–H and O–H groups in total. The Morgan fingerprint density at radius 1 is 1.25 bits per heavy atom. The predicted molar refractivity (Wildman–Crippen MR) is 29.2 cm³/mol. The molecule has 0 aromatic heterocycles. The Hall–Kier alpha value is -0.183. The second-order valence-corrected chi connectivity index (χ2v) is 5.34. The molecule has 2 heterocycles. The number of rotatable bonds is 0. The van der Waals surface area contributed by atoms with Gasteiger partial charge in [0.15, 0.2) is 0 Å². The average molecular weight is 132 g/mol. The van der Waals surface area contributed by atoms with Gasteiger partial charge >= 0.3 is 8.74 Å². The van der Waals surface area contributed by atoms with Crippen molar-refractivity contribution in [1.29, 1.82) is 0 Å². The topological polar surface area (TPSA) is 0 Å². The van der Waals surface area contributed by atoms with Gasteiger partial charge in [-0.3, -0.25) is 8.22 Å². The number of hydrogen-bond acceptors (Lipinski definition) is 0. The van der Waals surface area contributed by atoms with Gasteiger partial charge in [-0.05, 0) is 6.42 Å². The maximum Gasteiger partial charge on any atom is 0.438 e. The molecule has 3 heteroatoms. The zero-order chi connectivity index (χ0) is 5.78. The fourth-order valence-corrected chi connectivity index (χ4v) is 3.37. The Labute approximate surface area is 47.6 Å². The molecule has 3 rings (SSSR count). The van der Waals surface area contributed by atoms with Crippen LogP contribution in [0.15, 0.2) is 12.2 Å². The quantitative estimate of drug-likeness (QED) is 0.269. The van der Waals surface area contributed by atoms with Crippen LogP contribution in [-0.4, -0.2) is 8.74 Å². The zero-order valence-electron chi connectivity index (χ0n) is 4.27. The highest BCUT2D eigenvalue weighted by Gasteiger charge is 2.63. The maximum absolute atomic E-state index is 12.5. The van der Waals surface area contributed by atoms with Crippen molar-refractivity contribution in [1.82, 2.24) is 0 Å². The molecular formula is C5H6F2Si. The van der Waals surface area contributed by atoms with E-state index >= 15 is 0 Å². The van der Waals surface area contributed by atoms with Crippen LogP contribution >= 0.6 is 0 Å². The first-order valence-electron chi connectivity index (χ1n) is 2.77. The second kappa shape index (κ2) is 1.05. The summed E-state index contributed by atoms with van der Waals surface area (Å²) in [4.78, 5) is 0. The standard InChI is InChI=1S/C5H6F2Si/c6-8(7)4-1-2-5(8)3-4/h1-2,4-5H,3H2. The van der Waals surface area contributed by atoms with E-state index in [0.717, 1.165) is 6.42 Å². The van der Waals surface area contributed by atoms with E-state index in [4.69, 9.17) is 0 Å².